The Kier molecular flexibility index (Phi) is 4.16. The van der Waals surface area contributed by atoms with Gasteiger partial charge in [0.25, 0.3) is 0 Å². The van der Waals surface area contributed by atoms with Gasteiger partial charge in [-0.3, -0.25) is 4.98 Å². The lowest BCUT2D eigenvalue weighted by Gasteiger charge is -2.13. The van der Waals surface area contributed by atoms with E-state index in [4.69, 9.17) is 11.6 Å². The Hall–Kier alpha value is -1.34. The first-order chi connectivity index (χ1) is 8.31. The Bertz CT molecular complexity index is 467. The Morgan fingerprint density at radius 2 is 1.88 bits per heavy atom. The van der Waals surface area contributed by atoms with Gasteiger partial charge in [0.2, 0.25) is 0 Å². The fraction of sp³-hybridized carbons (Fsp3) is 0.267. The molecule has 0 aliphatic heterocycles. The first-order valence-electron chi connectivity index (χ1n) is 5.93. The van der Waals surface area contributed by atoms with Gasteiger partial charge in [0, 0.05) is 18.3 Å². The minimum atomic E-state index is 0.000972. The highest BCUT2D eigenvalue weighted by atomic mass is 35.5. The van der Waals surface area contributed by atoms with Gasteiger partial charge in [-0.05, 0) is 29.7 Å². The highest BCUT2D eigenvalue weighted by molar-refractivity contribution is 6.21. The van der Waals surface area contributed by atoms with Crippen LogP contribution in [0.15, 0.2) is 48.7 Å². The predicted octanol–water partition coefficient (Wildman–Crippen LogP) is 4.17. The molecular formula is C15H16ClN. The van der Waals surface area contributed by atoms with E-state index >= 15 is 0 Å². The van der Waals surface area contributed by atoms with Gasteiger partial charge in [0.05, 0.1) is 5.38 Å². The van der Waals surface area contributed by atoms with E-state index in [0.717, 1.165) is 18.5 Å². The molecule has 88 valence electrons. The van der Waals surface area contributed by atoms with Crippen molar-refractivity contribution in [1.82, 2.24) is 4.98 Å². The minimum absolute atomic E-state index is 0.000972. The van der Waals surface area contributed by atoms with E-state index in [1.807, 2.05) is 30.5 Å². The molecule has 1 atom stereocenters. The van der Waals surface area contributed by atoms with Gasteiger partial charge < -0.3 is 0 Å². The molecule has 2 heteroatoms. The van der Waals surface area contributed by atoms with Crippen molar-refractivity contribution in [3.63, 3.8) is 0 Å². The summed E-state index contributed by atoms with van der Waals surface area (Å²) in [6.45, 7) is 2.16. The van der Waals surface area contributed by atoms with Crippen LogP contribution in [-0.4, -0.2) is 4.98 Å². The van der Waals surface area contributed by atoms with Crippen LogP contribution in [0.1, 0.15) is 29.1 Å². The summed E-state index contributed by atoms with van der Waals surface area (Å²) in [4.78, 5) is 4.32. The van der Waals surface area contributed by atoms with Gasteiger partial charge >= 0.3 is 0 Å². The second kappa shape index (κ2) is 5.83. The SMILES string of the molecule is CCc1ccccc1C(Cl)Cc1ccccn1. The van der Waals surface area contributed by atoms with E-state index < -0.39 is 0 Å². The van der Waals surface area contributed by atoms with Crippen molar-refractivity contribution in [3.8, 4) is 0 Å². The molecule has 0 N–H and O–H groups in total. The lowest BCUT2D eigenvalue weighted by molar-refractivity contribution is 0.864. The molecule has 2 rings (SSSR count). The monoisotopic (exact) mass is 245 g/mol. The van der Waals surface area contributed by atoms with Crippen molar-refractivity contribution >= 4 is 11.6 Å². The van der Waals surface area contributed by atoms with Gasteiger partial charge in [0.15, 0.2) is 0 Å². The molecule has 1 aromatic carbocycles. The molecule has 0 saturated heterocycles. The first kappa shape index (κ1) is 12.1. The van der Waals surface area contributed by atoms with Crippen molar-refractivity contribution in [3.05, 3.63) is 65.5 Å². The standard InChI is InChI=1S/C15H16ClN/c1-2-12-7-3-4-9-14(12)15(16)11-13-8-5-6-10-17-13/h3-10,15H,2,11H2,1H3. The summed E-state index contributed by atoms with van der Waals surface area (Å²) in [5.41, 5.74) is 3.59. The molecule has 0 fully saturated rings. The zero-order valence-electron chi connectivity index (χ0n) is 9.94. The summed E-state index contributed by atoms with van der Waals surface area (Å²) in [6.07, 6.45) is 3.60. The van der Waals surface area contributed by atoms with E-state index in [1.165, 1.54) is 11.1 Å². The summed E-state index contributed by atoms with van der Waals surface area (Å²) in [5, 5.41) is 0.000972. The highest BCUT2D eigenvalue weighted by Crippen LogP contribution is 2.27. The lowest BCUT2D eigenvalue weighted by Crippen LogP contribution is -2.01. The maximum Gasteiger partial charge on any atom is 0.0643 e. The molecule has 1 aromatic heterocycles. The van der Waals surface area contributed by atoms with Gasteiger partial charge in [-0.2, -0.15) is 0 Å². The molecule has 0 bridgehead atoms. The Balaban J connectivity index is 2.17. The average Bonchev–Trinajstić information content (AvgIpc) is 2.40. The summed E-state index contributed by atoms with van der Waals surface area (Å²) < 4.78 is 0. The van der Waals surface area contributed by atoms with Gasteiger partial charge in [0.1, 0.15) is 0 Å². The van der Waals surface area contributed by atoms with E-state index in [2.05, 4.69) is 30.1 Å². The van der Waals surface area contributed by atoms with Crippen LogP contribution in [0.4, 0.5) is 0 Å². The van der Waals surface area contributed by atoms with Crippen LogP contribution >= 0.6 is 11.6 Å². The second-order valence-corrected chi connectivity index (χ2v) is 4.57. The second-order valence-electron chi connectivity index (χ2n) is 4.05. The normalized spacial score (nSPS) is 12.4. The van der Waals surface area contributed by atoms with Crippen molar-refractivity contribution in [2.75, 3.05) is 0 Å². The largest absolute Gasteiger partial charge is 0.261 e. The molecule has 0 radical (unpaired) electrons. The van der Waals surface area contributed by atoms with E-state index in [1.54, 1.807) is 0 Å². The Morgan fingerprint density at radius 1 is 1.12 bits per heavy atom. The molecule has 0 saturated carbocycles. The zero-order chi connectivity index (χ0) is 12.1. The number of halogens is 1. The van der Waals surface area contributed by atoms with Crippen LogP contribution in [0.25, 0.3) is 0 Å². The number of nitrogens with zero attached hydrogens (tertiary/aromatic N) is 1. The van der Waals surface area contributed by atoms with E-state index in [0.29, 0.717) is 0 Å². The van der Waals surface area contributed by atoms with Gasteiger partial charge in [-0.15, -0.1) is 11.6 Å². The molecule has 0 amide bonds. The first-order valence-corrected chi connectivity index (χ1v) is 6.36. The van der Waals surface area contributed by atoms with Crippen molar-refractivity contribution in [2.45, 2.75) is 25.1 Å². The smallest absolute Gasteiger partial charge is 0.0643 e. The molecule has 1 unspecified atom stereocenters. The Labute approximate surface area is 107 Å². The third-order valence-electron chi connectivity index (χ3n) is 2.89. The topological polar surface area (TPSA) is 12.9 Å². The quantitative estimate of drug-likeness (QED) is 0.737. The highest BCUT2D eigenvalue weighted by Gasteiger charge is 2.12. The van der Waals surface area contributed by atoms with Crippen LogP contribution in [0.5, 0.6) is 0 Å². The van der Waals surface area contributed by atoms with Gasteiger partial charge in [-0.25, -0.2) is 0 Å². The molecule has 1 nitrogen and oxygen atoms in total. The number of aromatic nitrogens is 1. The maximum absolute atomic E-state index is 6.48. The minimum Gasteiger partial charge on any atom is -0.261 e. The molecule has 0 spiro atoms. The number of rotatable bonds is 4. The van der Waals surface area contributed by atoms with E-state index in [-0.39, 0.29) is 5.38 Å². The molecule has 0 aliphatic rings. The summed E-state index contributed by atoms with van der Waals surface area (Å²) in [7, 11) is 0. The average molecular weight is 246 g/mol. The Morgan fingerprint density at radius 3 is 2.59 bits per heavy atom. The van der Waals surface area contributed by atoms with Crippen LogP contribution in [-0.2, 0) is 12.8 Å². The van der Waals surface area contributed by atoms with Crippen molar-refractivity contribution in [2.24, 2.45) is 0 Å². The van der Waals surface area contributed by atoms with Crippen LogP contribution in [0, 0.1) is 0 Å². The van der Waals surface area contributed by atoms with Crippen LogP contribution < -0.4 is 0 Å². The summed E-state index contributed by atoms with van der Waals surface area (Å²) >= 11 is 6.48. The summed E-state index contributed by atoms with van der Waals surface area (Å²) in [6, 6.07) is 14.3. The molecule has 17 heavy (non-hydrogen) atoms. The molecule has 2 aromatic rings. The number of aryl methyl sites for hydroxylation is 1. The van der Waals surface area contributed by atoms with Crippen LogP contribution in [0.2, 0.25) is 0 Å². The van der Waals surface area contributed by atoms with Gasteiger partial charge in [-0.1, -0.05) is 37.3 Å². The number of hydrogen-bond acceptors (Lipinski definition) is 1. The maximum atomic E-state index is 6.48. The molecule has 1 heterocycles. The third-order valence-corrected chi connectivity index (χ3v) is 3.28. The number of hydrogen-bond donors (Lipinski definition) is 0. The van der Waals surface area contributed by atoms with Crippen molar-refractivity contribution < 1.29 is 0 Å². The van der Waals surface area contributed by atoms with Crippen molar-refractivity contribution in [1.29, 1.82) is 0 Å². The molecule has 0 aliphatic carbocycles. The number of pyridine rings is 1. The fourth-order valence-electron chi connectivity index (χ4n) is 1.97. The fourth-order valence-corrected chi connectivity index (χ4v) is 2.35. The van der Waals surface area contributed by atoms with Crippen LogP contribution in [0.3, 0.4) is 0 Å². The third kappa shape index (κ3) is 3.07. The lowest BCUT2D eigenvalue weighted by atomic mass is 9.99. The molecular weight excluding hydrogens is 230 g/mol. The predicted molar refractivity (Wildman–Crippen MR) is 72.4 cm³/mol. The number of benzene rings is 1. The van der Waals surface area contributed by atoms with E-state index in [9.17, 15) is 0 Å². The summed E-state index contributed by atoms with van der Waals surface area (Å²) in [5.74, 6) is 0. The zero-order valence-corrected chi connectivity index (χ0v) is 10.7. The number of alkyl halides is 1.